The summed E-state index contributed by atoms with van der Waals surface area (Å²) >= 11 is 0. The minimum atomic E-state index is -0.615. The third kappa shape index (κ3) is 6.57. The van der Waals surface area contributed by atoms with E-state index >= 15 is 8.78 Å². The predicted molar refractivity (Wildman–Crippen MR) is 189 cm³/mol. The molecule has 8 nitrogen and oxygen atoms in total. The molecule has 2 heterocycles. The molecule has 10 heteroatoms. The SMILES string of the molecule is C/C=C1\C(=NC(C)C)C(c2cc(O)cc3ccc(F)c(CC)c23)=C(F)c2nc(OCC3(CN(C)C)CC3)nc(N3CCOCC(C)C3)c21. The van der Waals surface area contributed by atoms with E-state index in [9.17, 15) is 5.11 Å². The van der Waals surface area contributed by atoms with E-state index in [4.69, 9.17) is 24.4 Å². The smallest absolute Gasteiger partial charge is 0.319 e. The van der Waals surface area contributed by atoms with E-state index in [1.165, 1.54) is 12.1 Å². The van der Waals surface area contributed by atoms with Gasteiger partial charge in [0, 0.05) is 42.2 Å². The van der Waals surface area contributed by atoms with E-state index in [0.717, 1.165) is 19.4 Å². The Balaban J connectivity index is 1.64. The molecule has 1 aliphatic heterocycles. The summed E-state index contributed by atoms with van der Waals surface area (Å²) in [6, 6.07) is 6.02. The first-order valence-corrected chi connectivity index (χ1v) is 17.1. The molecule has 1 unspecified atom stereocenters. The monoisotopic (exact) mass is 659 g/mol. The third-order valence-corrected chi connectivity index (χ3v) is 9.37. The van der Waals surface area contributed by atoms with E-state index in [1.807, 2.05) is 47.9 Å². The van der Waals surface area contributed by atoms with Crippen LogP contribution in [0.15, 0.2) is 35.3 Å². The Kier molecular flexibility index (Phi) is 9.60. The number of hydrogen-bond acceptors (Lipinski definition) is 8. The number of fused-ring (bicyclic) bond motifs is 2. The van der Waals surface area contributed by atoms with Crippen LogP contribution in [0.4, 0.5) is 14.6 Å². The zero-order valence-electron chi connectivity index (χ0n) is 29.2. The first kappa shape index (κ1) is 34.0. The van der Waals surface area contributed by atoms with Crippen molar-refractivity contribution in [3.63, 3.8) is 0 Å². The van der Waals surface area contributed by atoms with Gasteiger partial charge in [0.25, 0.3) is 0 Å². The van der Waals surface area contributed by atoms with Gasteiger partial charge in [-0.3, -0.25) is 4.99 Å². The van der Waals surface area contributed by atoms with Gasteiger partial charge in [-0.2, -0.15) is 9.97 Å². The lowest BCUT2D eigenvalue weighted by Gasteiger charge is -2.31. The number of aliphatic imine (C=N–C) groups is 1. The van der Waals surface area contributed by atoms with Crippen molar-refractivity contribution >= 4 is 39.3 Å². The summed E-state index contributed by atoms with van der Waals surface area (Å²) in [6.07, 6.45) is 4.38. The molecule has 1 atom stereocenters. The number of aromatic hydroxyl groups is 1. The molecule has 2 fully saturated rings. The molecule has 1 saturated carbocycles. The van der Waals surface area contributed by atoms with Crippen molar-refractivity contribution in [3.8, 4) is 11.8 Å². The van der Waals surface area contributed by atoms with E-state index < -0.39 is 5.83 Å². The summed E-state index contributed by atoms with van der Waals surface area (Å²) in [5.41, 5.74) is 2.72. The van der Waals surface area contributed by atoms with Crippen LogP contribution in [0, 0.1) is 17.2 Å². The van der Waals surface area contributed by atoms with Crippen LogP contribution in [0.25, 0.3) is 27.7 Å². The molecule has 3 aromatic rings. The summed E-state index contributed by atoms with van der Waals surface area (Å²) in [4.78, 5) is 19.1. The highest BCUT2D eigenvalue weighted by Gasteiger charge is 2.44. The van der Waals surface area contributed by atoms with Crippen molar-refractivity contribution in [1.29, 1.82) is 0 Å². The first-order valence-electron chi connectivity index (χ1n) is 17.1. The number of allylic oxidation sites excluding steroid dienone is 3. The number of phenolic OH excluding ortho intramolecular Hbond substituents is 1. The summed E-state index contributed by atoms with van der Waals surface area (Å²) in [7, 11) is 4.10. The van der Waals surface area contributed by atoms with E-state index in [1.54, 1.807) is 12.1 Å². The Hall–Kier alpha value is -3.89. The van der Waals surface area contributed by atoms with Crippen molar-refractivity contribution in [1.82, 2.24) is 14.9 Å². The summed E-state index contributed by atoms with van der Waals surface area (Å²) in [6.45, 7) is 13.4. The number of aryl methyl sites for hydroxylation is 1. The van der Waals surface area contributed by atoms with Gasteiger partial charge in [0.15, 0.2) is 5.83 Å². The lowest BCUT2D eigenvalue weighted by atomic mass is 9.81. The average Bonchev–Trinajstić information content (AvgIpc) is 3.83. The molecule has 1 N–H and O–H groups in total. The highest BCUT2D eigenvalue weighted by Crippen LogP contribution is 2.49. The normalized spacial score (nSPS) is 21.1. The second-order valence-corrected chi connectivity index (χ2v) is 14.1. The Morgan fingerprint density at radius 1 is 1.21 bits per heavy atom. The molecule has 256 valence electrons. The van der Waals surface area contributed by atoms with Gasteiger partial charge in [-0.1, -0.05) is 26.0 Å². The molecular formula is C38H47F2N5O3. The van der Waals surface area contributed by atoms with Gasteiger partial charge in [0.1, 0.15) is 23.1 Å². The molecule has 2 aromatic carbocycles. The van der Waals surface area contributed by atoms with E-state index in [-0.39, 0.29) is 46.2 Å². The van der Waals surface area contributed by atoms with Gasteiger partial charge in [-0.05, 0) is 100 Å². The van der Waals surface area contributed by atoms with Crippen molar-refractivity contribution in [2.75, 3.05) is 58.5 Å². The lowest BCUT2D eigenvalue weighted by Crippen LogP contribution is -2.33. The lowest BCUT2D eigenvalue weighted by molar-refractivity contribution is 0.129. The number of nitrogens with zero attached hydrogens (tertiary/aromatic N) is 5. The molecule has 0 amide bonds. The maximum atomic E-state index is 17.7. The van der Waals surface area contributed by atoms with Crippen molar-refractivity contribution in [2.45, 2.75) is 59.9 Å². The fraction of sp³-hybridized carbons (Fsp3) is 0.500. The predicted octanol–water partition coefficient (Wildman–Crippen LogP) is 7.33. The Morgan fingerprint density at radius 3 is 2.65 bits per heavy atom. The molecule has 1 aromatic heterocycles. The number of rotatable bonds is 9. The van der Waals surface area contributed by atoms with Crippen molar-refractivity contribution < 1.29 is 23.4 Å². The molecule has 48 heavy (non-hydrogen) atoms. The van der Waals surface area contributed by atoms with Crippen LogP contribution in [0.2, 0.25) is 0 Å². The first-order chi connectivity index (χ1) is 22.9. The van der Waals surface area contributed by atoms with E-state index in [0.29, 0.717) is 83.9 Å². The molecule has 0 spiro atoms. The van der Waals surface area contributed by atoms with Gasteiger partial charge >= 0.3 is 6.01 Å². The quantitative estimate of drug-likeness (QED) is 0.258. The number of anilines is 1. The van der Waals surface area contributed by atoms with Crippen LogP contribution in [0.3, 0.4) is 0 Å². The Bertz CT molecular complexity index is 1810. The number of aromatic nitrogens is 2. The summed E-state index contributed by atoms with van der Waals surface area (Å²) < 4.78 is 45.2. The highest BCUT2D eigenvalue weighted by molar-refractivity contribution is 6.51. The fourth-order valence-corrected chi connectivity index (χ4v) is 7.15. The van der Waals surface area contributed by atoms with Crippen LogP contribution in [0.5, 0.6) is 11.8 Å². The van der Waals surface area contributed by atoms with Gasteiger partial charge < -0.3 is 24.4 Å². The van der Waals surface area contributed by atoms with E-state index in [2.05, 4.69) is 16.7 Å². The van der Waals surface area contributed by atoms with Crippen LogP contribution < -0.4 is 9.64 Å². The van der Waals surface area contributed by atoms with Crippen LogP contribution >= 0.6 is 0 Å². The summed E-state index contributed by atoms with van der Waals surface area (Å²) in [5.74, 6) is -0.257. The zero-order chi connectivity index (χ0) is 34.3. The molecule has 6 rings (SSSR count). The molecule has 0 radical (unpaired) electrons. The summed E-state index contributed by atoms with van der Waals surface area (Å²) in [5, 5.41) is 12.1. The Labute approximate surface area is 282 Å². The maximum absolute atomic E-state index is 17.7. The Morgan fingerprint density at radius 2 is 1.98 bits per heavy atom. The van der Waals surface area contributed by atoms with Crippen LogP contribution in [-0.2, 0) is 11.2 Å². The van der Waals surface area contributed by atoms with Gasteiger partial charge in [0.05, 0.1) is 31.1 Å². The second kappa shape index (κ2) is 13.6. The standard InChI is InChI=1S/C38H47F2N5O3/c1-8-26-29(39)11-10-24-16-25(46)17-28(30(24)26)31-33(40)35-32(27(9-2)34(31)41-22(3)4)36(45-14-15-47-19-23(5)18-45)43-37(42-35)48-21-38(12-13-38)20-44(6)7/h9-11,16-17,22-23,46H,8,12-15,18-21H2,1-7H3/b27-9-,41-34?. The number of hydrogen-bond donors (Lipinski definition) is 1. The number of phenols is 1. The van der Waals surface area contributed by atoms with Gasteiger partial charge in [0.2, 0.25) is 0 Å². The largest absolute Gasteiger partial charge is 0.508 e. The number of benzene rings is 2. The van der Waals surface area contributed by atoms with Crippen molar-refractivity contribution in [2.24, 2.45) is 16.3 Å². The molecule has 2 aliphatic carbocycles. The number of halogens is 2. The van der Waals surface area contributed by atoms with Crippen molar-refractivity contribution in [3.05, 3.63) is 58.5 Å². The van der Waals surface area contributed by atoms with Gasteiger partial charge in [-0.15, -0.1) is 0 Å². The van der Waals surface area contributed by atoms with Crippen LogP contribution in [0.1, 0.15) is 69.8 Å². The number of ether oxygens (including phenoxy) is 2. The van der Waals surface area contributed by atoms with Gasteiger partial charge in [-0.25, -0.2) is 8.78 Å². The third-order valence-electron chi connectivity index (χ3n) is 9.37. The van der Waals surface area contributed by atoms with Crippen LogP contribution in [-0.4, -0.2) is 85.3 Å². The highest BCUT2D eigenvalue weighted by atomic mass is 19.1. The fourth-order valence-electron chi connectivity index (χ4n) is 7.15. The maximum Gasteiger partial charge on any atom is 0.319 e. The average molecular weight is 660 g/mol. The topological polar surface area (TPSA) is 83.3 Å². The second-order valence-electron chi connectivity index (χ2n) is 14.1. The molecule has 0 bridgehead atoms. The molecule has 3 aliphatic rings. The zero-order valence-corrected chi connectivity index (χ0v) is 29.2. The molecular weight excluding hydrogens is 612 g/mol. The minimum absolute atomic E-state index is 0.0140. The molecule has 1 saturated heterocycles. The minimum Gasteiger partial charge on any atom is -0.508 e.